The van der Waals surface area contributed by atoms with Crippen molar-refractivity contribution in [1.82, 2.24) is 10.3 Å². The smallest absolute Gasteiger partial charge is 0.262 e. The Kier molecular flexibility index (Phi) is 4.76. The highest BCUT2D eigenvalue weighted by molar-refractivity contribution is 7.92. The van der Waals surface area contributed by atoms with E-state index in [1.54, 1.807) is 24.3 Å². The third-order valence-electron chi connectivity index (χ3n) is 4.87. The van der Waals surface area contributed by atoms with Crippen molar-refractivity contribution in [3.8, 4) is 5.75 Å². The van der Waals surface area contributed by atoms with E-state index in [-0.39, 0.29) is 10.4 Å². The standard InChI is InChI=1S/C22H21N3O3S/c1-22(16-8-4-3-5-9-16)13-20(24-22)19-10-6-7-11-21(19)29(26,27)25-17-12-18(28-2)15-23-14-17/h3-15,24-25H,1-2H3. The van der Waals surface area contributed by atoms with Crippen LogP contribution >= 0.6 is 0 Å². The molecule has 0 spiro atoms. The summed E-state index contributed by atoms with van der Waals surface area (Å²) in [5, 5.41) is 3.42. The van der Waals surface area contributed by atoms with Gasteiger partial charge in [-0.3, -0.25) is 9.71 Å². The molecule has 1 aliphatic rings. The predicted octanol–water partition coefficient (Wildman–Crippen LogP) is 3.75. The van der Waals surface area contributed by atoms with Crippen molar-refractivity contribution >= 4 is 21.4 Å². The van der Waals surface area contributed by atoms with Gasteiger partial charge in [-0.15, -0.1) is 0 Å². The highest BCUT2D eigenvalue weighted by atomic mass is 32.2. The number of nitrogens with one attached hydrogen (secondary N) is 2. The molecule has 0 aliphatic carbocycles. The van der Waals surface area contributed by atoms with Crippen molar-refractivity contribution in [1.29, 1.82) is 0 Å². The van der Waals surface area contributed by atoms with E-state index in [4.69, 9.17) is 4.74 Å². The van der Waals surface area contributed by atoms with Crippen LogP contribution in [0.25, 0.3) is 5.70 Å². The molecular formula is C22H21N3O3S. The van der Waals surface area contributed by atoms with Crippen LogP contribution in [0, 0.1) is 0 Å². The molecule has 0 amide bonds. The van der Waals surface area contributed by atoms with Crippen molar-refractivity contribution in [2.24, 2.45) is 0 Å². The van der Waals surface area contributed by atoms with E-state index in [9.17, 15) is 8.42 Å². The fourth-order valence-electron chi connectivity index (χ4n) is 3.37. The summed E-state index contributed by atoms with van der Waals surface area (Å²) in [4.78, 5) is 4.19. The van der Waals surface area contributed by atoms with Gasteiger partial charge in [0.25, 0.3) is 10.0 Å². The van der Waals surface area contributed by atoms with E-state index in [1.807, 2.05) is 42.5 Å². The van der Waals surface area contributed by atoms with Gasteiger partial charge in [-0.05, 0) is 24.6 Å². The molecule has 1 aromatic heterocycles. The minimum absolute atomic E-state index is 0.191. The second kappa shape index (κ2) is 7.25. The zero-order chi connectivity index (χ0) is 20.5. The van der Waals surface area contributed by atoms with Crippen LogP contribution in [0.4, 0.5) is 5.69 Å². The van der Waals surface area contributed by atoms with E-state index in [0.29, 0.717) is 17.0 Å². The van der Waals surface area contributed by atoms with Crippen molar-refractivity contribution in [3.63, 3.8) is 0 Å². The molecule has 1 atom stereocenters. The first-order valence-corrected chi connectivity index (χ1v) is 10.6. The number of hydrogen-bond acceptors (Lipinski definition) is 5. The van der Waals surface area contributed by atoms with E-state index in [2.05, 4.69) is 21.9 Å². The first-order chi connectivity index (χ1) is 13.9. The Morgan fingerprint density at radius 1 is 1.03 bits per heavy atom. The zero-order valence-corrected chi connectivity index (χ0v) is 16.9. The lowest BCUT2D eigenvalue weighted by Gasteiger charge is -2.40. The molecule has 0 radical (unpaired) electrons. The Hall–Kier alpha value is -3.32. The summed E-state index contributed by atoms with van der Waals surface area (Å²) in [6.07, 6.45) is 5.00. The van der Waals surface area contributed by atoms with Crippen molar-refractivity contribution < 1.29 is 13.2 Å². The van der Waals surface area contributed by atoms with Gasteiger partial charge in [-0.2, -0.15) is 0 Å². The number of anilines is 1. The van der Waals surface area contributed by atoms with Crippen molar-refractivity contribution in [3.05, 3.63) is 90.3 Å². The summed E-state index contributed by atoms with van der Waals surface area (Å²) >= 11 is 0. The lowest BCUT2D eigenvalue weighted by Crippen LogP contribution is -2.45. The van der Waals surface area contributed by atoms with Gasteiger partial charge in [0.15, 0.2) is 0 Å². The molecular weight excluding hydrogens is 386 g/mol. The Balaban J connectivity index is 1.66. The molecule has 4 rings (SSSR count). The third kappa shape index (κ3) is 3.69. The van der Waals surface area contributed by atoms with Crippen molar-refractivity contribution in [2.45, 2.75) is 17.4 Å². The van der Waals surface area contributed by atoms with Crippen LogP contribution in [0.2, 0.25) is 0 Å². The molecule has 148 valence electrons. The minimum atomic E-state index is -3.82. The molecule has 2 N–H and O–H groups in total. The number of methoxy groups -OCH3 is 1. The van der Waals surface area contributed by atoms with E-state index in [1.165, 1.54) is 19.5 Å². The molecule has 1 unspecified atom stereocenters. The Morgan fingerprint density at radius 3 is 2.45 bits per heavy atom. The number of nitrogens with zero attached hydrogens (tertiary/aromatic N) is 1. The number of sulfonamides is 1. The monoisotopic (exact) mass is 407 g/mol. The van der Waals surface area contributed by atoms with Crippen molar-refractivity contribution in [2.75, 3.05) is 11.8 Å². The Morgan fingerprint density at radius 2 is 1.72 bits per heavy atom. The second-order valence-electron chi connectivity index (χ2n) is 6.97. The lowest BCUT2D eigenvalue weighted by atomic mass is 9.83. The SMILES string of the molecule is COc1cncc(NS(=O)(=O)c2ccccc2C2=CC(C)(c3ccccc3)N2)c1. The van der Waals surface area contributed by atoms with Gasteiger partial charge >= 0.3 is 0 Å². The van der Waals surface area contributed by atoms with Gasteiger partial charge in [0, 0.05) is 17.3 Å². The number of rotatable bonds is 6. The zero-order valence-electron chi connectivity index (χ0n) is 16.1. The molecule has 3 aromatic rings. The van der Waals surface area contributed by atoms with Gasteiger partial charge in [0.1, 0.15) is 5.75 Å². The summed E-state index contributed by atoms with van der Waals surface area (Å²) in [5.74, 6) is 0.473. The number of ether oxygens (including phenoxy) is 1. The van der Waals surface area contributed by atoms with Gasteiger partial charge in [-0.25, -0.2) is 8.42 Å². The third-order valence-corrected chi connectivity index (χ3v) is 6.31. The molecule has 0 saturated carbocycles. The van der Waals surface area contributed by atoms with E-state index < -0.39 is 10.0 Å². The highest BCUT2D eigenvalue weighted by Gasteiger charge is 2.35. The first kappa shape index (κ1) is 19.0. The predicted molar refractivity (Wildman–Crippen MR) is 113 cm³/mol. The van der Waals surface area contributed by atoms with Crippen LogP contribution in [0.1, 0.15) is 18.1 Å². The summed E-state index contributed by atoms with van der Waals surface area (Å²) in [5.41, 5.74) is 2.51. The van der Waals surface area contributed by atoms with Crippen LogP contribution in [0.5, 0.6) is 5.75 Å². The number of aromatic nitrogens is 1. The molecule has 6 nitrogen and oxygen atoms in total. The van der Waals surface area contributed by atoms with Crippen LogP contribution in [0.3, 0.4) is 0 Å². The lowest BCUT2D eigenvalue weighted by molar-refractivity contribution is 0.413. The van der Waals surface area contributed by atoms with Gasteiger partial charge in [0.05, 0.1) is 35.6 Å². The molecule has 29 heavy (non-hydrogen) atoms. The maximum absolute atomic E-state index is 13.1. The largest absolute Gasteiger partial charge is 0.495 e. The fourth-order valence-corrected chi connectivity index (χ4v) is 4.62. The number of hydrogen-bond donors (Lipinski definition) is 2. The van der Waals surface area contributed by atoms with Crippen LogP contribution in [0.15, 0.2) is 84.0 Å². The van der Waals surface area contributed by atoms with Crippen LogP contribution in [-0.4, -0.2) is 20.5 Å². The Bertz CT molecular complexity index is 1180. The van der Waals surface area contributed by atoms with Gasteiger partial charge < -0.3 is 10.1 Å². The number of pyridine rings is 1. The molecule has 2 aromatic carbocycles. The topological polar surface area (TPSA) is 80.3 Å². The maximum Gasteiger partial charge on any atom is 0.262 e. The van der Waals surface area contributed by atoms with Gasteiger partial charge in [0.2, 0.25) is 0 Å². The first-order valence-electron chi connectivity index (χ1n) is 9.09. The van der Waals surface area contributed by atoms with Gasteiger partial charge in [-0.1, -0.05) is 48.5 Å². The van der Waals surface area contributed by atoms with Crippen LogP contribution in [-0.2, 0) is 15.6 Å². The minimum Gasteiger partial charge on any atom is -0.495 e. The quantitative estimate of drug-likeness (QED) is 0.651. The normalized spacial score (nSPS) is 18.2. The number of benzene rings is 2. The Labute approximate surface area is 170 Å². The summed E-state index contributed by atoms with van der Waals surface area (Å²) < 4.78 is 33.8. The molecule has 0 bridgehead atoms. The maximum atomic E-state index is 13.1. The van der Waals surface area contributed by atoms with E-state index in [0.717, 1.165) is 11.3 Å². The molecule has 1 aliphatic heterocycles. The summed E-state index contributed by atoms with van der Waals surface area (Å²) in [6.45, 7) is 2.06. The average Bonchev–Trinajstić information content (AvgIpc) is 2.72. The summed E-state index contributed by atoms with van der Waals surface area (Å²) in [6, 6.07) is 18.5. The molecule has 0 fully saturated rings. The molecule has 7 heteroatoms. The highest BCUT2D eigenvalue weighted by Crippen LogP contribution is 2.38. The van der Waals surface area contributed by atoms with Crippen LogP contribution < -0.4 is 14.8 Å². The average molecular weight is 407 g/mol. The van der Waals surface area contributed by atoms with E-state index >= 15 is 0 Å². The second-order valence-corrected chi connectivity index (χ2v) is 8.62. The molecule has 2 heterocycles. The summed E-state index contributed by atoms with van der Waals surface area (Å²) in [7, 11) is -2.32. The fraction of sp³-hybridized carbons (Fsp3) is 0.136. The molecule has 0 saturated heterocycles.